The predicted octanol–water partition coefficient (Wildman–Crippen LogP) is 5.02. The van der Waals surface area contributed by atoms with Gasteiger partial charge in [-0.05, 0) is 73.2 Å². The van der Waals surface area contributed by atoms with Crippen molar-refractivity contribution in [1.82, 2.24) is 15.0 Å². The Hall–Kier alpha value is -3.82. The normalized spacial score (nSPS) is 16.8. The van der Waals surface area contributed by atoms with Crippen molar-refractivity contribution in [2.75, 3.05) is 19.5 Å². The van der Waals surface area contributed by atoms with Crippen molar-refractivity contribution in [2.24, 2.45) is 0 Å². The van der Waals surface area contributed by atoms with E-state index < -0.39 is 5.60 Å². The summed E-state index contributed by atoms with van der Waals surface area (Å²) in [5.41, 5.74) is 2.76. The highest BCUT2D eigenvalue weighted by atomic mass is 32.1. The van der Waals surface area contributed by atoms with Crippen LogP contribution in [0.25, 0.3) is 10.6 Å². The van der Waals surface area contributed by atoms with Crippen LogP contribution in [0.15, 0.2) is 54.9 Å². The zero-order valence-corrected chi connectivity index (χ0v) is 21.1. The van der Waals surface area contributed by atoms with Gasteiger partial charge in [0.15, 0.2) is 0 Å². The van der Waals surface area contributed by atoms with E-state index in [0.29, 0.717) is 34.4 Å². The van der Waals surface area contributed by atoms with Crippen molar-refractivity contribution < 1.29 is 19.4 Å². The lowest BCUT2D eigenvalue weighted by molar-refractivity contribution is 0.0583. The minimum absolute atomic E-state index is 0.387. The van der Waals surface area contributed by atoms with Gasteiger partial charge in [-0.2, -0.15) is 0 Å². The van der Waals surface area contributed by atoms with E-state index in [4.69, 9.17) is 14.5 Å². The Kier molecular flexibility index (Phi) is 6.42. The predicted molar refractivity (Wildman–Crippen MR) is 138 cm³/mol. The molecule has 0 fully saturated rings. The van der Waals surface area contributed by atoms with Crippen LogP contribution in [0.3, 0.4) is 0 Å². The van der Waals surface area contributed by atoms with Gasteiger partial charge in [0.2, 0.25) is 0 Å². The molecule has 5 rings (SSSR count). The first-order valence-electron chi connectivity index (χ1n) is 11.6. The van der Waals surface area contributed by atoms with Gasteiger partial charge in [-0.25, -0.2) is 19.7 Å². The highest BCUT2D eigenvalue weighted by Gasteiger charge is 2.39. The number of hydrogen-bond acceptors (Lipinski definition) is 9. The molecule has 0 aliphatic heterocycles. The molecule has 9 heteroatoms. The number of pyridine rings is 2. The van der Waals surface area contributed by atoms with E-state index in [0.717, 1.165) is 40.1 Å². The molecule has 184 valence electrons. The first kappa shape index (κ1) is 23.9. The summed E-state index contributed by atoms with van der Waals surface area (Å²) in [6, 6.07) is 12.8. The SMILES string of the molecule is COC(=O)c1ccc2c(c1)CCC[C@]2(O)c1ncc(-c2cc(C)cc(Nc3cc(OC)ccn3)n2)s1. The van der Waals surface area contributed by atoms with Crippen molar-refractivity contribution in [3.63, 3.8) is 0 Å². The summed E-state index contributed by atoms with van der Waals surface area (Å²) in [5, 5.41) is 15.6. The van der Waals surface area contributed by atoms with E-state index in [1.165, 1.54) is 18.4 Å². The van der Waals surface area contributed by atoms with Crippen LogP contribution in [0.4, 0.5) is 11.6 Å². The van der Waals surface area contributed by atoms with Gasteiger partial charge in [-0.1, -0.05) is 6.07 Å². The first-order chi connectivity index (χ1) is 17.4. The second kappa shape index (κ2) is 9.67. The number of carbonyl (C=O) groups is 1. The van der Waals surface area contributed by atoms with Gasteiger partial charge in [0.25, 0.3) is 0 Å². The van der Waals surface area contributed by atoms with Crippen LogP contribution in [0.5, 0.6) is 5.75 Å². The topological polar surface area (TPSA) is 106 Å². The number of methoxy groups -OCH3 is 2. The molecule has 3 heterocycles. The maximum absolute atomic E-state index is 12.0. The standard InChI is InChI=1S/C27H26N4O4S/c1-16-11-21(30-24(12-16)31-23-14-19(34-2)8-10-28-23)22-15-29-26(36-22)27(33)9-4-5-17-13-18(25(32)35-3)6-7-20(17)27/h6-8,10-15,33H,4-5,9H2,1-3H3,(H,28,30,31)/t27-/m1/s1. The highest BCUT2D eigenvalue weighted by Crippen LogP contribution is 2.43. The Labute approximate surface area is 213 Å². The van der Waals surface area contributed by atoms with Crippen molar-refractivity contribution in [2.45, 2.75) is 31.8 Å². The lowest BCUT2D eigenvalue weighted by atomic mass is 9.79. The van der Waals surface area contributed by atoms with Crippen molar-refractivity contribution in [3.8, 4) is 16.3 Å². The Morgan fingerprint density at radius 3 is 2.78 bits per heavy atom. The fraction of sp³-hybridized carbons (Fsp3) is 0.259. The number of nitrogens with zero attached hydrogens (tertiary/aromatic N) is 3. The molecule has 2 N–H and O–H groups in total. The average Bonchev–Trinajstić information content (AvgIpc) is 3.39. The van der Waals surface area contributed by atoms with Crippen LogP contribution in [0.1, 0.15) is 44.9 Å². The van der Waals surface area contributed by atoms with E-state index in [1.807, 2.05) is 31.2 Å². The summed E-state index contributed by atoms with van der Waals surface area (Å²) < 4.78 is 10.1. The van der Waals surface area contributed by atoms with Crippen LogP contribution >= 0.6 is 11.3 Å². The van der Waals surface area contributed by atoms with Gasteiger partial charge < -0.3 is 19.9 Å². The number of aromatic nitrogens is 3. The third-order valence-corrected chi connectivity index (χ3v) is 7.43. The number of nitrogens with one attached hydrogen (secondary N) is 1. The van der Waals surface area contributed by atoms with Gasteiger partial charge in [-0.15, -0.1) is 11.3 Å². The molecule has 1 aliphatic rings. The number of thiazole rings is 1. The van der Waals surface area contributed by atoms with Crippen LogP contribution < -0.4 is 10.1 Å². The summed E-state index contributed by atoms with van der Waals surface area (Å²) in [7, 11) is 2.98. The maximum Gasteiger partial charge on any atom is 0.337 e. The molecular weight excluding hydrogens is 476 g/mol. The summed E-state index contributed by atoms with van der Waals surface area (Å²) in [4.78, 5) is 26.5. The maximum atomic E-state index is 12.0. The number of aliphatic hydroxyl groups is 1. The molecule has 1 aromatic carbocycles. The van der Waals surface area contributed by atoms with Gasteiger partial charge in [0, 0.05) is 18.5 Å². The smallest absolute Gasteiger partial charge is 0.337 e. The van der Waals surface area contributed by atoms with E-state index in [-0.39, 0.29) is 5.97 Å². The zero-order chi connectivity index (χ0) is 25.3. The van der Waals surface area contributed by atoms with E-state index in [9.17, 15) is 9.90 Å². The summed E-state index contributed by atoms with van der Waals surface area (Å²) >= 11 is 1.42. The molecule has 0 unspecified atom stereocenters. The Morgan fingerprint density at radius 2 is 1.97 bits per heavy atom. The van der Waals surface area contributed by atoms with Crippen molar-refractivity contribution in [1.29, 1.82) is 0 Å². The zero-order valence-electron chi connectivity index (χ0n) is 20.2. The molecule has 0 saturated carbocycles. The summed E-state index contributed by atoms with van der Waals surface area (Å²) in [6.45, 7) is 2.00. The number of hydrogen-bond donors (Lipinski definition) is 2. The third kappa shape index (κ3) is 4.55. The number of aryl methyl sites for hydroxylation is 2. The lowest BCUT2D eigenvalue weighted by Crippen LogP contribution is -2.32. The van der Waals surface area contributed by atoms with Gasteiger partial charge in [0.1, 0.15) is 28.0 Å². The number of fused-ring (bicyclic) bond motifs is 1. The first-order valence-corrected chi connectivity index (χ1v) is 12.4. The molecule has 36 heavy (non-hydrogen) atoms. The van der Waals surface area contributed by atoms with Crippen LogP contribution in [-0.4, -0.2) is 40.2 Å². The third-order valence-electron chi connectivity index (χ3n) is 6.26. The summed E-state index contributed by atoms with van der Waals surface area (Å²) in [6.07, 6.45) is 5.55. The van der Waals surface area contributed by atoms with E-state index in [2.05, 4.69) is 15.3 Å². The Balaban J connectivity index is 1.46. The minimum Gasteiger partial charge on any atom is -0.497 e. The number of anilines is 2. The molecule has 3 aromatic heterocycles. The minimum atomic E-state index is -1.22. The van der Waals surface area contributed by atoms with Crippen LogP contribution in [-0.2, 0) is 16.8 Å². The molecule has 0 amide bonds. The van der Waals surface area contributed by atoms with Crippen LogP contribution in [0, 0.1) is 6.92 Å². The molecule has 0 spiro atoms. The molecule has 1 atom stereocenters. The fourth-order valence-electron chi connectivity index (χ4n) is 4.52. The second-order valence-electron chi connectivity index (χ2n) is 8.73. The molecule has 8 nitrogen and oxygen atoms in total. The lowest BCUT2D eigenvalue weighted by Gasteiger charge is -2.33. The molecule has 4 aromatic rings. The van der Waals surface area contributed by atoms with Crippen molar-refractivity contribution >= 4 is 28.9 Å². The Morgan fingerprint density at radius 1 is 1.11 bits per heavy atom. The second-order valence-corrected chi connectivity index (χ2v) is 9.76. The van der Waals surface area contributed by atoms with Gasteiger partial charge >= 0.3 is 5.97 Å². The summed E-state index contributed by atoms with van der Waals surface area (Å²) in [5.74, 6) is 1.59. The average molecular weight is 503 g/mol. The van der Waals surface area contributed by atoms with E-state index in [1.54, 1.807) is 37.7 Å². The van der Waals surface area contributed by atoms with Gasteiger partial charge in [0.05, 0.1) is 30.4 Å². The quantitative estimate of drug-likeness (QED) is 0.354. The number of benzene rings is 1. The Bertz CT molecular complexity index is 1440. The fourth-order valence-corrected chi connectivity index (χ4v) is 5.53. The number of carbonyl (C=O) groups excluding carboxylic acids is 1. The molecule has 1 aliphatic carbocycles. The largest absolute Gasteiger partial charge is 0.497 e. The van der Waals surface area contributed by atoms with Crippen LogP contribution in [0.2, 0.25) is 0 Å². The van der Waals surface area contributed by atoms with Gasteiger partial charge in [-0.3, -0.25) is 0 Å². The van der Waals surface area contributed by atoms with E-state index >= 15 is 0 Å². The number of ether oxygens (including phenoxy) is 2. The van der Waals surface area contributed by atoms with Crippen molar-refractivity contribution in [3.05, 3.63) is 82.1 Å². The number of esters is 1. The molecule has 0 radical (unpaired) electrons. The molecular formula is C27H26N4O4S. The highest BCUT2D eigenvalue weighted by molar-refractivity contribution is 7.15. The monoisotopic (exact) mass is 502 g/mol. The number of rotatable bonds is 6. The molecule has 0 saturated heterocycles. The molecule has 0 bridgehead atoms.